The van der Waals surface area contributed by atoms with E-state index in [0.717, 1.165) is 32.0 Å². The molecule has 0 radical (unpaired) electrons. The summed E-state index contributed by atoms with van der Waals surface area (Å²) in [5.74, 6) is -0.519. The molecule has 1 aromatic heterocycles. The van der Waals surface area contributed by atoms with Gasteiger partial charge in [0.2, 0.25) is 0 Å². The van der Waals surface area contributed by atoms with E-state index in [1.165, 1.54) is 0 Å². The normalized spacial score (nSPS) is 11.7. The molecule has 0 bridgehead atoms. The zero-order valence-corrected chi connectivity index (χ0v) is 16.1. The fourth-order valence-corrected chi connectivity index (χ4v) is 4.01. The highest BCUT2D eigenvalue weighted by Gasteiger charge is 2.22. The number of nitrogens with two attached hydrogens (primary N) is 1. The third-order valence-corrected chi connectivity index (χ3v) is 5.44. The van der Waals surface area contributed by atoms with E-state index in [1.54, 1.807) is 11.3 Å². The van der Waals surface area contributed by atoms with Crippen LogP contribution < -0.4 is 16.4 Å². The Bertz CT molecular complexity index is 1140. The highest BCUT2D eigenvalue weighted by Crippen LogP contribution is 2.32. The maximum absolute atomic E-state index is 12.5. The number of imide groups is 1. The molecule has 0 aliphatic carbocycles. The van der Waals surface area contributed by atoms with Crippen molar-refractivity contribution in [2.75, 3.05) is 5.32 Å². The lowest BCUT2D eigenvalue weighted by Crippen LogP contribution is -2.40. The molecular formula is C22H18N4O2S. The van der Waals surface area contributed by atoms with Crippen LogP contribution in [0.4, 0.5) is 10.5 Å². The van der Waals surface area contributed by atoms with Crippen molar-refractivity contribution in [1.82, 2.24) is 10.3 Å². The van der Waals surface area contributed by atoms with Gasteiger partial charge in [-0.25, -0.2) is 9.78 Å². The molecule has 1 heterocycles. The second-order valence-corrected chi connectivity index (χ2v) is 7.44. The number of anilines is 1. The number of benzene rings is 3. The summed E-state index contributed by atoms with van der Waals surface area (Å²) in [5, 5.41) is 6.25. The topological polar surface area (TPSA) is 97.1 Å². The standard InChI is InChI=1S/C22H18N4O2S/c23-22(28)26-20(27)19(14-7-2-1-3-8-14)24-16-10-6-9-15(13-16)21-25-17-11-4-5-12-18(17)29-21/h1-13,19,24H,(H3,23,26,27,28). The number of amides is 3. The van der Waals surface area contributed by atoms with Gasteiger partial charge in [0.1, 0.15) is 11.0 Å². The van der Waals surface area contributed by atoms with Crippen LogP contribution in [-0.4, -0.2) is 16.9 Å². The molecule has 3 amide bonds. The molecule has 0 saturated carbocycles. The third-order valence-electron chi connectivity index (χ3n) is 4.36. The van der Waals surface area contributed by atoms with E-state index in [1.807, 2.05) is 78.9 Å². The minimum Gasteiger partial charge on any atom is -0.370 e. The first-order valence-corrected chi connectivity index (χ1v) is 9.79. The largest absolute Gasteiger partial charge is 0.370 e. The molecule has 1 unspecified atom stereocenters. The highest BCUT2D eigenvalue weighted by molar-refractivity contribution is 7.21. The Hall–Kier alpha value is -3.71. The van der Waals surface area contributed by atoms with Crippen LogP contribution >= 0.6 is 11.3 Å². The fourth-order valence-electron chi connectivity index (χ4n) is 3.04. The van der Waals surface area contributed by atoms with E-state index in [2.05, 4.69) is 15.6 Å². The number of hydrogen-bond acceptors (Lipinski definition) is 5. The van der Waals surface area contributed by atoms with Gasteiger partial charge in [0, 0.05) is 11.3 Å². The first-order chi connectivity index (χ1) is 14.1. The third kappa shape index (κ3) is 4.25. The van der Waals surface area contributed by atoms with Crippen LogP contribution in [0.15, 0.2) is 78.9 Å². The van der Waals surface area contributed by atoms with E-state index in [0.29, 0.717) is 0 Å². The molecule has 4 rings (SSSR count). The monoisotopic (exact) mass is 402 g/mol. The number of nitrogens with zero attached hydrogens (tertiary/aromatic N) is 1. The lowest BCUT2D eigenvalue weighted by atomic mass is 10.1. The molecule has 0 fully saturated rings. The smallest absolute Gasteiger partial charge is 0.318 e. The van der Waals surface area contributed by atoms with Gasteiger partial charge in [-0.1, -0.05) is 54.6 Å². The number of primary amides is 1. The van der Waals surface area contributed by atoms with E-state index < -0.39 is 18.0 Å². The number of hydrogen-bond donors (Lipinski definition) is 3. The number of nitrogens with one attached hydrogen (secondary N) is 2. The SMILES string of the molecule is NC(=O)NC(=O)C(Nc1cccc(-c2nc3ccccc3s2)c1)c1ccccc1. The molecule has 3 aromatic carbocycles. The zero-order valence-electron chi connectivity index (χ0n) is 15.3. The molecule has 29 heavy (non-hydrogen) atoms. The number of urea groups is 1. The minimum absolute atomic E-state index is 0.519. The summed E-state index contributed by atoms with van der Waals surface area (Å²) in [4.78, 5) is 28.4. The van der Waals surface area contributed by atoms with Crippen LogP contribution in [0.25, 0.3) is 20.8 Å². The number of rotatable bonds is 5. The van der Waals surface area contributed by atoms with Crippen LogP contribution in [0.3, 0.4) is 0 Å². The predicted octanol–water partition coefficient (Wildman–Crippen LogP) is 4.31. The Balaban J connectivity index is 1.65. The lowest BCUT2D eigenvalue weighted by Gasteiger charge is -2.19. The fraction of sp³-hybridized carbons (Fsp3) is 0.0455. The van der Waals surface area contributed by atoms with Gasteiger partial charge < -0.3 is 11.1 Å². The summed E-state index contributed by atoms with van der Waals surface area (Å²) in [6.07, 6.45) is 0. The summed E-state index contributed by atoms with van der Waals surface area (Å²) < 4.78 is 1.11. The van der Waals surface area contributed by atoms with E-state index >= 15 is 0 Å². The van der Waals surface area contributed by atoms with Crippen LogP contribution in [0.1, 0.15) is 11.6 Å². The van der Waals surface area contributed by atoms with Crippen molar-refractivity contribution >= 4 is 39.2 Å². The van der Waals surface area contributed by atoms with Gasteiger partial charge >= 0.3 is 6.03 Å². The molecule has 4 N–H and O–H groups in total. The quantitative estimate of drug-likeness (QED) is 0.463. The van der Waals surface area contributed by atoms with Crippen LogP contribution in [0, 0.1) is 0 Å². The summed E-state index contributed by atoms with van der Waals surface area (Å²) in [7, 11) is 0. The first-order valence-electron chi connectivity index (χ1n) is 8.98. The molecule has 4 aromatic rings. The summed E-state index contributed by atoms with van der Waals surface area (Å²) >= 11 is 1.61. The molecule has 0 spiro atoms. The van der Waals surface area contributed by atoms with E-state index in [4.69, 9.17) is 5.73 Å². The van der Waals surface area contributed by atoms with Gasteiger partial charge in [-0.05, 0) is 29.8 Å². The number of para-hydroxylation sites is 1. The average Bonchev–Trinajstić information content (AvgIpc) is 3.17. The second kappa shape index (κ2) is 8.12. The maximum Gasteiger partial charge on any atom is 0.318 e. The highest BCUT2D eigenvalue weighted by atomic mass is 32.1. The number of fused-ring (bicyclic) bond motifs is 1. The number of aromatic nitrogens is 1. The Morgan fingerprint density at radius 1 is 0.931 bits per heavy atom. The average molecular weight is 402 g/mol. The molecule has 0 aliphatic heterocycles. The number of carbonyl (C=O) groups is 2. The summed E-state index contributed by atoms with van der Waals surface area (Å²) in [6, 6.07) is 23.2. The number of thiazole rings is 1. The predicted molar refractivity (Wildman–Crippen MR) is 116 cm³/mol. The Morgan fingerprint density at radius 3 is 2.45 bits per heavy atom. The van der Waals surface area contributed by atoms with E-state index in [9.17, 15) is 9.59 Å². The van der Waals surface area contributed by atoms with Gasteiger partial charge in [-0.3, -0.25) is 10.1 Å². The summed E-state index contributed by atoms with van der Waals surface area (Å²) in [6.45, 7) is 0. The Kier molecular flexibility index (Phi) is 5.22. The van der Waals surface area contributed by atoms with Crippen molar-refractivity contribution in [1.29, 1.82) is 0 Å². The van der Waals surface area contributed by atoms with E-state index in [-0.39, 0.29) is 0 Å². The second-order valence-electron chi connectivity index (χ2n) is 6.41. The molecule has 6 nitrogen and oxygen atoms in total. The van der Waals surface area contributed by atoms with Gasteiger partial charge in [0.05, 0.1) is 10.2 Å². The van der Waals surface area contributed by atoms with Gasteiger partial charge in [0.15, 0.2) is 0 Å². The molecule has 7 heteroatoms. The van der Waals surface area contributed by atoms with Gasteiger partial charge in [-0.15, -0.1) is 11.3 Å². The zero-order chi connectivity index (χ0) is 20.2. The van der Waals surface area contributed by atoms with Gasteiger partial charge in [-0.2, -0.15) is 0 Å². The van der Waals surface area contributed by atoms with Crippen molar-refractivity contribution in [3.63, 3.8) is 0 Å². The Labute approximate surface area is 171 Å². The van der Waals surface area contributed by atoms with Crippen molar-refractivity contribution in [3.8, 4) is 10.6 Å². The molecular weight excluding hydrogens is 384 g/mol. The van der Waals surface area contributed by atoms with Crippen LogP contribution in [0.5, 0.6) is 0 Å². The minimum atomic E-state index is -0.888. The van der Waals surface area contributed by atoms with Crippen LogP contribution in [0.2, 0.25) is 0 Å². The van der Waals surface area contributed by atoms with Crippen molar-refractivity contribution in [2.45, 2.75) is 6.04 Å². The van der Waals surface area contributed by atoms with Crippen LogP contribution in [-0.2, 0) is 4.79 Å². The molecule has 0 saturated heterocycles. The number of carbonyl (C=O) groups excluding carboxylic acids is 2. The van der Waals surface area contributed by atoms with Gasteiger partial charge in [0.25, 0.3) is 5.91 Å². The maximum atomic E-state index is 12.5. The molecule has 144 valence electrons. The first kappa shape index (κ1) is 18.6. The van der Waals surface area contributed by atoms with Crippen molar-refractivity contribution in [2.24, 2.45) is 5.73 Å². The molecule has 0 aliphatic rings. The molecule has 1 atom stereocenters. The van der Waals surface area contributed by atoms with Crippen molar-refractivity contribution < 1.29 is 9.59 Å². The lowest BCUT2D eigenvalue weighted by molar-refractivity contribution is -0.120. The summed E-state index contributed by atoms with van der Waals surface area (Å²) in [5.41, 5.74) is 8.48. The Morgan fingerprint density at radius 2 is 1.69 bits per heavy atom. The van der Waals surface area contributed by atoms with Crippen molar-refractivity contribution in [3.05, 3.63) is 84.4 Å².